The van der Waals surface area contributed by atoms with E-state index in [1.165, 1.54) is 10.6 Å². The maximum Gasteiger partial charge on any atom is 0.341 e. The number of rotatable bonds is 2. The Hall–Kier alpha value is -1.88. The Morgan fingerprint density at radius 3 is 2.67 bits per heavy atom. The van der Waals surface area contributed by atoms with Crippen LogP contribution in [-0.4, -0.2) is 15.6 Å². The van der Waals surface area contributed by atoms with Crippen molar-refractivity contribution < 1.29 is 9.90 Å². The molecule has 18 heavy (non-hydrogen) atoms. The van der Waals surface area contributed by atoms with Gasteiger partial charge in [-0.3, -0.25) is 9.36 Å². The third-order valence-electron chi connectivity index (χ3n) is 2.60. The van der Waals surface area contributed by atoms with Gasteiger partial charge in [-0.05, 0) is 42.8 Å². The van der Waals surface area contributed by atoms with Crippen molar-refractivity contribution in [3.05, 3.63) is 62.5 Å². The Bertz CT molecular complexity index is 676. The van der Waals surface area contributed by atoms with Crippen molar-refractivity contribution in [3.8, 4) is 5.69 Å². The molecule has 0 bridgehead atoms. The van der Waals surface area contributed by atoms with Gasteiger partial charge in [-0.15, -0.1) is 0 Å². The van der Waals surface area contributed by atoms with Crippen molar-refractivity contribution >= 4 is 21.9 Å². The lowest BCUT2D eigenvalue weighted by Crippen LogP contribution is -2.24. The molecule has 5 heteroatoms. The Labute approximate surface area is 112 Å². The van der Waals surface area contributed by atoms with E-state index in [9.17, 15) is 9.59 Å². The van der Waals surface area contributed by atoms with Gasteiger partial charge < -0.3 is 5.11 Å². The van der Waals surface area contributed by atoms with Crippen LogP contribution < -0.4 is 5.56 Å². The summed E-state index contributed by atoms with van der Waals surface area (Å²) in [6, 6.07) is 8.30. The minimum atomic E-state index is -1.22. The van der Waals surface area contributed by atoms with Crippen LogP contribution in [0.5, 0.6) is 0 Å². The van der Waals surface area contributed by atoms with Crippen molar-refractivity contribution in [1.29, 1.82) is 0 Å². The maximum atomic E-state index is 12.0. The van der Waals surface area contributed by atoms with Gasteiger partial charge in [0, 0.05) is 10.7 Å². The highest BCUT2D eigenvalue weighted by Gasteiger charge is 2.12. The standard InChI is InChI=1S/C13H10BrNO3/c1-8-7-9(14)4-5-11(8)15-6-2-3-10(12(15)16)13(17)18/h2-7H,1H3,(H,17,18). The van der Waals surface area contributed by atoms with Gasteiger partial charge >= 0.3 is 5.97 Å². The number of aromatic nitrogens is 1. The Balaban J connectivity index is 2.69. The van der Waals surface area contributed by atoms with E-state index >= 15 is 0 Å². The van der Waals surface area contributed by atoms with Gasteiger partial charge in [0.2, 0.25) is 0 Å². The molecular weight excluding hydrogens is 298 g/mol. The first-order valence-corrected chi connectivity index (χ1v) is 6.01. The second-order valence-electron chi connectivity index (χ2n) is 3.83. The van der Waals surface area contributed by atoms with Crippen LogP contribution in [0, 0.1) is 6.92 Å². The fourth-order valence-electron chi connectivity index (χ4n) is 1.74. The predicted octanol–water partition coefficient (Wildman–Crippen LogP) is 2.61. The maximum absolute atomic E-state index is 12.0. The van der Waals surface area contributed by atoms with Crippen LogP contribution in [0.1, 0.15) is 15.9 Å². The highest BCUT2D eigenvalue weighted by atomic mass is 79.9. The van der Waals surface area contributed by atoms with E-state index in [-0.39, 0.29) is 5.56 Å². The fourth-order valence-corrected chi connectivity index (χ4v) is 2.21. The first-order chi connectivity index (χ1) is 8.50. The van der Waals surface area contributed by atoms with Crippen LogP contribution in [0.25, 0.3) is 5.69 Å². The summed E-state index contributed by atoms with van der Waals surface area (Å²) in [5.74, 6) is -1.22. The summed E-state index contributed by atoms with van der Waals surface area (Å²) >= 11 is 3.34. The smallest absolute Gasteiger partial charge is 0.341 e. The van der Waals surface area contributed by atoms with E-state index in [4.69, 9.17) is 5.11 Å². The summed E-state index contributed by atoms with van der Waals surface area (Å²) in [5.41, 5.74) is 0.788. The highest BCUT2D eigenvalue weighted by molar-refractivity contribution is 9.10. The lowest BCUT2D eigenvalue weighted by molar-refractivity contribution is 0.0694. The Morgan fingerprint density at radius 1 is 1.33 bits per heavy atom. The van der Waals surface area contributed by atoms with Gasteiger partial charge in [-0.2, -0.15) is 0 Å². The SMILES string of the molecule is Cc1cc(Br)ccc1-n1cccc(C(=O)O)c1=O. The molecule has 2 aromatic rings. The van der Waals surface area contributed by atoms with Crippen LogP contribution in [0.4, 0.5) is 0 Å². The number of benzene rings is 1. The van der Waals surface area contributed by atoms with Gasteiger partial charge in [-0.1, -0.05) is 15.9 Å². The van der Waals surface area contributed by atoms with Crippen LogP contribution in [0.15, 0.2) is 45.8 Å². The first kappa shape index (κ1) is 12.6. The molecular formula is C13H10BrNO3. The fraction of sp³-hybridized carbons (Fsp3) is 0.0769. The normalized spacial score (nSPS) is 10.3. The molecule has 0 aliphatic carbocycles. The van der Waals surface area contributed by atoms with E-state index in [0.717, 1.165) is 10.0 Å². The number of nitrogens with zero attached hydrogens (tertiary/aromatic N) is 1. The zero-order valence-electron chi connectivity index (χ0n) is 9.55. The zero-order valence-corrected chi connectivity index (χ0v) is 11.1. The number of pyridine rings is 1. The molecule has 1 heterocycles. The van der Waals surface area contributed by atoms with E-state index < -0.39 is 11.5 Å². The molecule has 2 rings (SSSR count). The number of carbonyl (C=O) groups is 1. The van der Waals surface area contributed by atoms with Crippen LogP contribution >= 0.6 is 15.9 Å². The minimum Gasteiger partial charge on any atom is -0.477 e. The summed E-state index contributed by atoms with van der Waals surface area (Å²) in [6.45, 7) is 1.86. The van der Waals surface area contributed by atoms with Crippen molar-refractivity contribution in [2.45, 2.75) is 6.92 Å². The molecule has 92 valence electrons. The number of hydrogen-bond donors (Lipinski definition) is 1. The van der Waals surface area contributed by atoms with Crippen molar-refractivity contribution in [1.82, 2.24) is 4.57 Å². The number of hydrogen-bond acceptors (Lipinski definition) is 2. The van der Waals surface area contributed by atoms with E-state index in [1.807, 2.05) is 19.1 Å². The third-order valence-corrected chi connectivity index (χ3v) is 3.09. The van der Waals surface area contributed by atoms with Gasteiger partial charge in [0.1, 0.15) is 5.56 Å². The van der Waals surface area contributed by atoms with Crippen molar-refractivity contribution in [2.75, 3.05) is 0 Å². The molecule has 1 aromatic carbocycles. The number of halogens is 1. The quantitative estimate of drug-likeness (QED) is 0.927. The highest BCUT2D eigenvalue weighted by Crippen LogP contribution is 2.18. The van der Waals surface area contributed by atoms with Crippen LogP contribution in [0.3, 0.4) is 0 Å². The van der Waals surface area contributed by atoms with Gasteiger partial charge in [-0.25, -0.2) is 4.79 Å². The van der Waals surface area contributed by atoms with Gasteiger partial charge in [0.15, 0.2) is 0 Å². The molecule has 0 unspecified atom stereocenters. The van der Waals surface area contributed by atoms with Crippen LogP contribution in [-0.2, 0) is 0 Å². The molecule has 0 amide bonds. The van der Waals surface area contributed by atoms with E-state index in [0.29, 0.717) is 5.69 Å². The molecule has 4 nitrogen and oxygen atoms in total. The Kier molecular flexibility index (Phi) is 3.34. The number of carboxylic acid groups (broad SMARTS) is 1. The molecule has 0 saturated carbocycles. The van der Waals surface area contributed by atoms with Gasteiger partial charge in [0.25, 0.3) is 5.56 Å². The Morgan fingerprint density at radius 2 is 2.06 bits per heavy atom. The van der Waals surface area contributed by atoms with E-state index in [1.54, 1.807) is 18.3 Å². The molecule has 1 aromatic heterocycles. The molecule has 0 saturated heterocycles. The van der Waals surface area contributed by atoms with Crippen molar-refractivity contribution in [2.24, 2.45) is 0 Å². The summed E-state index contributed by atoms with van der Waals surface area (Å²) in [7, 11) is 0. The first-order valence-electron chi connectivity index (χ1n) is 5.22. The monoisotopic (exact) mass is 307 g/mol. The largest absolute Gasteiger partial charge is 0.477 e. The predicted molar refractivity (Wildman–Crippen MR) is 71.4 cm³/mol. The minimum absolute atomic E-state index is 0.236. The topological polar surface area (TPSA) is 59.3 Å². The second-order valence-corrected chi connectivity index (χ2v) is 4.75. The molecule has 0 radical (unpaired) electrons. The lowest BCUT2D eigenvalue weighted by Gasteiger charge is -2.10. The third kappa shape index (κ3) is 2.22. The molecule has 1 N–H and O–H groups in total. The van der Waals surface area contributed by atoms with Crippen LogP contribution in [0.2, 0.25) is 0 Å². The number of aromatic carboxylic acids is 1. The average molecular weight is 308 g/mol. The molecule has 0 spiro atoms. The summed E-state index contributed by atoms with van der Waals surface area (Å²) in [6.07, 6.45) is 1.56. The zero-order chi connectivity index (χ0) is 13.3. The molecule has 0 aliphatic heterocycles. The molecule has 0 aliphatic rings. The lowest BCUT2D eigenvalue weighted by atomic mass is 10.2. The average Bonchev–Trinajstić information content (AvgIpc) is 2.30. The number of carboxylic acids is 1. The summed E-state index contributed by atoms with van der Waals surface area (Å²) < 4.78 is 2.25. The summed E-state index contributed by atoms with van der Waals surface area (Å²) in [4.78, 5) is 22.9. The van der Waals surface area contributed by atoms with Gasteiger partial charge in [0.05, 0.1) is 5.69 Å². The molecule has 0 fully saturated rings. The van der Waals surface area contributed by atoms with E-state index in [2.05, 4.69) is 15.9 Å². The van der Waals surface area contributed by atoms with Crippen molar-refractivity contribution in [3.63, 3.8) is 0 Å². The second kappa shape index (κ2) is 4.78. The summed E-state index contributed by atoms with van der Waals surface area (Å²) in [5, 5.41) is 8.93. The number of aryl methyl sites for hydroxylation is 1. The molecule has 0 atom stereocenters.